The van der Waals surface area contributed by atoms with Gasteiger partial charge in [0, 0.05) is 16.7 Å². The van der Waals surface area contributed by atoms with Crippen LogP contribution in [-0.4, -0.2) is 59.8 Å². The zero-order valence-electron chi connectivity index (χ0n) is 53.3. The van der Waals surface area contributed by atoms with E-state index in [-0.39, 0.29) is 37.9 Å². The summed E-state index contributed by atoms with van der Waals surface area (Å²) in [5, 5.41) is 45.2. The van der Waals surface area contributed by atoms with E-state index in [9.17, 15) is 20.4 Å². The van der Waals surface area contributed by atoms with Gasteiger partial charge < -0.3 is 53.6 Å². The molecule has 0 saturated carbocycles. The van der Waals surface area contributed by atoms with Crippen molar-refractivity contribution in [3.63, 3.8) is 0 Å². The second-order valence-corrected chi connectivity index (χ2v) is 31.5. The average Bonchev–Trinajstić information content (AvgIpc) is 3.44. The van der Waals surface area contributed by atoms with Crippen molar-refractivity contribution in [2.75, 3.05) is 19.8 Å². The van der Waals surface area contributed by atoms with Crippen LogP contribution in [0.2, 0.25) is 0 Å². The van der Waals surface area contributed by atoms with Crippen LogP contribution in [0.15, 0.2) is 91.0 Å². The molecule has 0 heterocycles. The first-order valence-electron chi connectivity index (χ1n) is 27.7. The van der Waals surface area contributed by atoms with Crippen molar-refractivity contribution in [2.45, 2.75) is 210 Å². The normalized spacial score (nSPS) is 13.2. The largest absolute Gasteiger partial charge is 0.530 e. The van der Waals surface area contributed by atoms with Crippen LogP contribution in [0.5, 0.6) is 17.2 Å². The summed E-state index contributed by atoms with van der Waals surface area (Å²) >= 11 is 0. The van der Waals surface area contributed by atoms with Crippen molar-refractivity contribution >= 4 is 25.8 Å². The molecule has 5 aromatic carbocycles. The van der Waals surface area contributed by atoms with Crippen molar-refractivity contribution in [3.8, 4) is 17.2 Å². The minimum Gasteiger partial charge on any atom is -0.408 e. The van der Waals surface area contributed by atoms with E-state index in [0.29, 0.717) is 11.1 Å². The molecule has 12 nitrogen and oxygen atoms in total. The molecule has 0 unspecified atom stereocenters. The first kappa shape index (κ1) is 71.7. The van der Waals surface area contributed by atoms with Gasteiger partial charge in [0.1, 0.15) is 22.8 Å². The highest BCUT2D eigenvalue weighted by atomic mass is 31.2. The Morgan fingerprint density at radius 1 is 0.333 bits per heavy atom. The molecule has 5 rings (SSSR count). The van der Waals surface area contributed by atoms with Gasteiger partial charge in [0.15, 0.2) is 0 Å². The molecule has 452 valence electrons. The molecule has 15 heteroatoms. The smallest absolute Gasteiger partial charge is 0.408 e. The summed E-state index contributed by atoms with van der Waals surface area (Å²) in [6.45, 7) is 49.9. The molecule has 0 aliphatic heterocycles. The van der Waals surface area contributed by atoms with Crippen molar-refractivity contribution in [1.82, 2.24) is 0 Å². The van der Waals surface area contributed by atoms with Crippen LogP contribution in [-0.2, 0) is 47.8 Å². The molecule has 5 aromatic rings. The second kappa shape index (κ2) is 27.2. The Morgan fingerprint density at radius 3 is 0.790 bits per heavy atom. The summed E-state index contributed by atoms with van der Waals surface area (Å²) in [5.74, 6) is 2.37. The first-order valence-corrected chi connectivity index (χ1v) is 31.2. The SMILES string of the molecule is CC(C)(C)c1ccc(C(O)(c2ccc(C(C)(C)C)cc2C(C)(C)C)C(CO)(CO)CO)c(C(C)(C)C)c1.Cc1ccc(OP(Oc2ccc(C)cc2C(C)(C)C)Oc2ccc(C)cc2C(C)(C)C)c(C(C)(C)C)c1.OP(O)OP(O)O. The molecular formula is C66H101O12P3. The molecule has 0 amide bonds. The zero-order valence-corrected chi connectivity index (χ0v) is 56.0. The summed E-state index contributed by atoms with van der Waals surface area (Å²) in [5.41, 5.74) is 7.57. The standard InChI is InChI=1S/C33H52O4.C33H45O3P.H4O5P2/c1-28(2,3)22-13-15-24(26(17-22)30(7,8)9)33(37,32(19-34,20-35)21-36)25-16-14-23(29(4,5)6)18-27(25)31(10,11)12;1-22-13-16-28(25(19-22)31(4,5)6)34-37(35-29-17-14-23(2)20-26(29)32(7,8)9)36-30-18-15-24(3)21-27(30)33(10,11)12;1-6(2)5-7(3)4/h13-18,34-37H,19-21H2,1-12H3;13-21H,1-12H3;1-4H. The van der Waals surface area contributed by atoms with Gasteiger partial charge in [-0.1, -0.05) is 235 Å². The molecule has 0 spiro atoms. The summed E-state index contributed by atoms with van der Waals surface area (Å²) in [6.07, 6.45) is 0. The van der Waals surface area contributed by atoms with E-state index in [1.165, 1.54) is 16.7 Å². The monoisotopic (exact) mass is 1180 g/mol. The highest BCUT2D eigenvalue weighted by molar-refractivity contribution is 7.53. The van der Waals surface area contributed by atoms with E-state index in [1.54, 1.807) is 0 Å². The quantitative estimate of drug-likeness (QED) is 0.0490. The fourth-order valence-electron chi connectivity index (χ4n) is 9.39. The van der Waals surface area contributed by atoms with Crippen molar-refractivity contribution < 1.29 is 57.9 Å². The number of hydrogen-bond acceptors (Lipinski definition) is 12. The number of aliphatic hydroxyl groups excluding tert-OH is 3. The van der Waals surface area contributed by atoms with E-state index in [4.69, 9.17) is 33.1 Å². The molecular weight excluding hydrogens is 1080 g/mol. The van der Waals surface area contributed by atoms with Crippen molar-refractivity contribution in [1.29, 1.82) is 0 Å². The number of benzene rings is 5. The predicted molar refractivity (Wildman–Crippen MR) is 337 cm³/mol. The van der Waals surface area contributed by atoms with E-state index in [1.807, 2.05) is 42.5 Å². The molecule has 0 aromatic heterocycles. The van der Waals surface area contributed by atoms with Gasteiger partial charge in [0.25, 0.3) is 0 Å². The minimum absolute atomic E-state index is 0.0940. The van der Waals surface area contributed by atoms with Gasteiger partial charge in [0.05, 0.1) is 25.2 Å². The maximum Gasteiger partial charge on any atom is 0.530 e. The molecule has 0 saturated heterocycles. The second-order valence-electron chi connectivity index (χ2n) is 28.8. The Labute approximate surface area is 491 Å². The molecule has 0 fully saturated rings. The van der Waals surface area contributed by atoms with Crippen LogP contribution in [0.3, 0.4) is 0 Å². The Balaban J connectivity index is 0.000000380. The van der Waals surface area contributed by atoms with Crippen LogP contribution in [0.4, 0.5) is 0 Å². The van der Waals surface area contributed by atoms with Gasteiger partial charge in [-0.3, -0.25) is 0 Å². The van der Waals surface area contributed by atoms with Crippen LogP contribution in [0.25, 0.3) is 0 Å². The predicted octanol–water partition coefficient (Wildman–Crippen LogP) is 15.8. The number of rotatable bonds is 14. The lowest BCUT2D eigenvalue weighted by Crippen LogP contribution is -2.55. The third kappa shape index (κ3) is 19.0. The topological polar surface area (TPSA) is 199 Å². The van der Waals surface area contributed by atoms with Gasteiger partial charge in [0.2, 0.25) is 0 Å². The third-order valence-corrected chi connectivity index (χ3v) is 16.5. The van der Waals surface area contributed by atoms with Gasteiger partial charge >= 0.3 is 25.8 Å². The lowest BCUT2D eigenvalue weighted by Gasteiger charge is -2.49. The van der Waals surface area contributed by atoms with Crippen LogP contribution in [0.1, 0.15) is 212 Å². The van der Waals surface area contributed by atoms with Crippen molar-refractivity contribution in [2.24, 2.45) is 5.41 Å². The van der Waals surface area contributed by atoms with E-state index in [0.717, 1.165) is 56.2 Å². The van der Waals surface area contributed by atoms with Crippen LogP contribution < -0.4 is 13.6 Å². The van der Waals surface area contributed by atoms with E-state index >= 15 is 0 Å². The first-order chi connectivity index (χ1) is 36.7. The number of aliphatic hydroxyl groups is 4. The van der Waals surface area contributed by atoms with Crippen LogP contribution >= 0.6 is 25.8 Å². The molecule has 8 N–H and O–H groups in total. The Bertz CT molecular complexity index is 2600. The lowest BCUT2D eigenvalue weighted by atomic mass is 9.60. The third-order valence-electron chi connectivity index (χ3n) is 14.3. The highest BCUT2D eigenvalue weighted by Crippen LogP contribution is 2.53. The maximum absolute atomic E-state index is 13.1. The van der Waals surface area contributed by atoms with E-state index in [2.05, 4.69) is 219 Å². The summed E-state index contributed by atoms with van der Waals surface area (Å²) in [6, 6.07) is 31.1. The molecule has 0 atom stereocenters. The Hall–Kier alpha value is -3.57. The van der Waals surface area contributed by atoms with Gasteiger partial charge in [-0.25, -0.2) is 4.31 Å². The number of aryl methyl sites for hydroxylation is 3. The number of hydrogen-bond donors (Lipinski definition) is 8. The van der Waals surface area contributed by atoms with Crippen molar-refractivity contribution in [3.05, 3.63) is 158 Å². The molecule has 0 aliphatic rings. The summed E-state index contributed by atoms with van der Waals surface area (Å²) in [7, 11) is -7.03. The lowest BCUT2D eigenvalue weighted by molar-refractivity contribution is -0.137. The Kier molecular flexibility index (Phi) is 24.1. The minimum atomic E-state index is -2.61. The summed E-state index contributed by atoms with van der Waals surface area (Å²) in [4.78, 5) is 31.3. The van der Waals surface area contributed by atoms with Crippen LogP contribution in [0, 0.1) is 26.2 Å². The average molecular weight is 1180 g/mol. The molecule has 0 aliphatic carbocycles. The zero-order chi connectivity index (χ0) is 62.4. The molecule has 81 heavy (non-hydrogen) atoms. The van der Waals surface area contributed by atoms with Gasteiger partial charge in [-0.2, -0.15) is 0 Å². The van der Waals surface area contributed by atoms with Gasteiger partial charge in [-0.05, 0) is 110 Å². The summed E-state index contributed by atoms with van der Waals surface area (Å²) < 4.78 is 23.6. The fourth-order valence-corrected chi connectivity index (χ4v) is 11.0. The Morgan fingerprint density at radius 2 is 0.593 bits per heavy atom. The highest BCUT2D eigenvalue weighted by Gasteiger charge is 2.55. The molecule has 0 radical (unpaired) electrons. The fraction of sp³-hybridized carbons (Fsp3) is 0.545. The molecule has 0 bridgehead atoms. The van der Waals surface area contributed by atoms with E-state index < -0.39 is 56.6 Å². The maximum atomic E-state index is 13.1. The van der Waals surface area contributed by atoms with Gasteiger partial charge in [-0.15, -0.1) is 0 Å².